The number of fused-ring (bicyclic) bond motifs is 1. The molecule has 8 heteroatoms. The SMILES string of the molecule is [C-]#[N+]c1ccc(C[C@@]23C[C@H](N)CN2C(=O)N(c2cc(Cl)cc(Cl)c2)C3=O)cc1. The van der Waals surface area contributed by atoms with E-state index in [4.69, 9.17) is 35.5 Å². The molecule has 3 amide bonds. The molecular formula is C20H16Cl2N4O2. The Hall–Kier alpha value is -2.59. The smallest absolute Gasteiger partial charge is 0.326 e. The molecule has 6 nitrogen and oxygen atoms in total. The average molecular weight is 415 g/mol. The third-order valence-electron chi connectivity index (χ3n) is 5.22. The Labute approximate surface area is 172 Å². The molecule has 2 heterocycles. The molecular weight excluding hydrogens is 399 g/mol. The molecule has 142 valence electrons. The Morgan fingerprint density at radius 2 is 1.79 bits per heavy atom. The van der Waals surface area contributed by atoms with E-state index in [1.807, 2.05) is 0 Å². The van der Waals surface area contributed by atoms with Gasteiger partial charge in [0.2, 0.25) is 0 Å². The van der Waals surface area contributed by atoms with Crippen LogP contribution in [0.3, 0.4) is 0 Å². The fourth-order valence-electron chi connectivity index (χ4n) is 4.06. The van der Waals surface area contributed by atoms with Crippen LogP contribution in [0.25, 0.3) is 4.85 Å². The molecule has 0 unspecified atom stereocenters. The topological polar surface area (TPSA) is 71.0 Å². The van der Waals surface area contributed by atoms with Crippen molar-refractivity contribution in [2.45, 2.75) is 24.4 Å². The number of nitrogens with zero attached hydrogens (tertiary/aromatic N) is 3. The predicted octanol–water partition coefficient (Wildman–Crippen LogP) is 4.03. The van der Waals surface area contributed by atoms with Gasteiger partial charge in [-0.25, -0.2) is 14.5 Å². The molecule has 2 atom stereocenters. The first-order valence-corrected chi connectivity index (χ1v) is 9.44. The van der Waals surface area contributed by atoms with Crippen molar-refractivity contribution in [3.63, 3.8) is 0 Å². The minimum atomic E-state index is -1.05. The lowest BCUT2D eigenvalue weighted by atomic mass is 9.87. The number of carbonyl (C=O) groups is 2. The molecule has 0 bridgehead atoms. The summed E-state index contributed by atoms with van der Waals surface area (Å²) in [6, 6.07) is 11.0. The molecule has 2 aliphatic rings. The first-order chi connectivity index (χ1) is 13.3. The lowest BCUT2D eigenvalue weighted by Crippen LogP contribution is -2.47. The third-order valence-corrected chi connectivity index (χ3v) is 5.66. The van der Waals surface area contributed by atoms with E-state index in [9.17, 15) is 9.59 Å². The second-order valence-corrected chi connectivity index (χ2v) is 7.99. The third kappa shape index (κ3) is 2.92. The average Bonchev–Trinajstić information content (AvgIpc) is 3.07. The first-order valence-electron chi connectivity index (χ1n) is 8.68. The van der Waals surface area contributed by atoms with Crippen molar-refractivity contribution in [1.29, 1.82) is 0 Å². The highest BCUT2D eigenvalue weighted by atomic mass is 35.5. The number of hydrogen-bond donors (Lipinski definition) is 1. The van der Waals surface area contributed by atoms with Crippen molar-refractivity contribution >= 4 is 46.5 Å². The summed E-state index contributed by atoms with van der Waals surface area (Å²) in [6.45, 7) is 7.37. The number of hydrogen-bond acceptors (Lipinski definition) is 3. The molecule has 28 heavy (non-hydrogen) atoms. The Balaban J connectivity index is 1.74. The number of rotatable bonds is 3. The standard InChI is InChI=1S/C20H16Cl2N4O2/c1-24-16-4-2-12(3-5-16)9-20-10-15(23)11-25(20)19(28)26(18(20)27)17-7-13(21)6-14(22)8-17/h2-8,15H,9-11,23H2/t15-,20-/m0/s1. The highest BCUT2D eigenvalue weighted by molar-refractivity contribution is 6.35. The number of nitrogens with two attached hydrogens (primary N) is 1. The van der Waals surface area contributed by atoms with E-state index in [1.165, 1.54) is 0 Å². The van der Waals surface area contributed by atoms with Crippen LogP contribution in [0.1, 0.15) is 12.0 Å². The highest BCUT2D eigenvalue weighted by Crippen LogP contribution is 2.42. The lowest BCUT2D eigenvalue weighted by Gasteiger charge is -2.28. The molecule has 2 aromatic carbocycles. The monoisotopic (exact) mass is 414 g/mol. The number of anilines is 1. The van der Waals surface area contributed by atoms with Gasteiger partial charge >= 0.3 is 6.03 Å². The second-order valence-electron chi connectivity index (χ2n) is 7.11. The first kappa shape index (κ1) is 18.8. The number of halogens is 2. The largest absolute Gasteiger partial charge is 0.332 e. The van der Waals surface area contributed by atoms with Crippen LogP contribution < -0.4 is 10.6 Å². The number of urea groups is 1. The molecule has 4 rings (SSSR count). The van der Waals surface area contributed by atoms with Gasteiger partial charge in [-0.2, -0.15) is 0 Å². The molecule has 0 aliphatic carbocycles. The quantitative estimate of drug-likeness (QED) is 0.608. The fraction of sp³-hybridized carbons (Fsp3) is 0.250. The van der Waals surface area contributed by atoms with E-state index in [1.54, 1.807) is 47.4 Å². The maximum Gasteiger partial charge on any atom is 0.332 e. The molecule has 2 aromatic rings. The summed E-state index contributed by atoms with van der Waals surface area (Å²) in [6.07, 6.45) is 0.696. The minimum absolute atomic E-state index is 0.277. The van der Waals surface area contributed by atoms with Crippen LogP contribution in [0, 0.1) is 6.57 Å². The Bertz CT molecular complexity index is 998. The second kappa shape index (κ2) is 6.78. The van der Waals surface area contributed by atoms with E-state index in [0.29, 0.717) is 40.8 Å². The summed E-state index contributed by atoms with van der Waals surface area (Å²) in [7, 11) is 0. The molecule has 0 spiro atoms. The number of carbonyl (C=O) groups excluding carboxylic acids is 2. The maximum atomic E-state index is 13.5. The van der Waals surface area contributed by atoms with Gasteiger partial charge < -0.3 is 10.6 Å². The van der Waals surface area contributed by atoms with Crippen molar-refractivity contribution < 1.29 is 9.59 Å². The summed E-state index contributed by atoms with van der Waals surface area (Å²) in [5, 5.41) is 0.686. The van der Waals surface area contributed by atoms with Gasteiger partial charge in [0.1, 0.15) is 5.54 Å². The van der Waals surface area contributed by atoms with Gasteiger partial charge in [-0.05, 0) is 30.2 Å². The van der Waals surface area contributed by atoms with E-state index < -0.39 is 11.6 Å². The number of amides is 3. The normalized spacial score (nSPS) is 23.9. The molecule has 2 saturated heterocycles. The van der Waals surface area contributed by atoms with Gasteiger partial charge in [-0.15, -0.1) is 0 Å². The zero-order valence-electron chi connectivity index (χ0n) is 14.7. The van der Waals surface area contributed by atoms with Gasteiger partial charge in [0, 0.05) is 29.1 Å². The van der Waals surface area contributed by atoms with Crippen molar-refractivity contribution in [2.75, 3.05) is 11.4 Å². The summed E-state index contributed by atoms with van der Waals surface area (Å²) in [5.41, 5.74) is 6.79. The Morgan fingerprint density at radius 1 is 1.14 bits per heavy atom. The van der Waals surface area contributed by atoms with Gasteiger partial charge in [-0.1, -0.05) is 47.5 Å². The van der Waals surface area contributed by atoms with Crippen LogP contribution in [-0.4, -0.2) is 35.0 Å². The van der Waals surface area contributed by atoms with Gasteiger partial charge in [0.15, 0.2) is 5.69 Å². The zero-order valence-corrected chi connectivity index (χ0v) is 16.2. The Kier molecular flexibility index (Phi) is 4.54. The van der Waals surface area contributed by atoms with Crippen LogP contribution in [-0.2, 0) is 11.2 Å². The van der Waals surface area contributed by atoms with Crippen LogP contribution >= 0.6 is 23.2 Å². The summed E-state index contributed by atoms with van der Waals surface area (Å²) < 4.78 is 0. The molecule has 2 fully saturated rings. The van der Waals surface area contributed by atoms with Crippen molar-refractivity contribution in [3.05, 3.63) is 69.5 Å². The van der Waals surface area contributed by atoms with Crippen molar-refractivity contribution in [3.8, 4) is 0 Å². The molecule has 2 N–H and O–H groups in total. The van der Waals surface area contributed by atoms with E-state index in [2.05, 4.69) is 4.85 Å². The zero-order chi connectivity index (χ0) is 20.1. The Morgan fingerprint density at radius 3 is 2.39 bits per heavy atom. The number of imide groups is 1. The molecule has 0 saturated carbocycles. The van der Waals surface area contributed by atoms with Gasteiger partial charge in [0.05, 0.1) is 12.3 Å². The summed E-state index contributed by atoms with van der Waals surface area (Å²) in [4.78, 5) is 32.7. The van der Waals surface area contributed by atoms with Crippen molar-refractivity contribution in [1.82, 2.24) is 4.90 Å². The molecule has 0 radical (unpaired) electrons. The van der Waals surface area contributed by atoms with Crippen LogP contribution in [0.5, 0.6) is 0 Å². The molecule has 2 aliphatic heterocycles. The number of benzene rings is 2. The highest BCUT2D eigenvalue weighted by Gasteiger charge is 2.61. The summed E-state index contributed by atoms with van der Waals surface area (Å²) in [5.74, 6) is -0.335. The van der Waals surface area contributed by atoms with Crippen molar-refractivity contribution in [2.24, 2.45) is 5.73 Å². The predicted molar refractivity (Wildman–Crippen MR) is 108 cm³/mol. The maximum absolute atomic E-state index is 13.5. The van der Waals surface area contributed by atoms with E-state index in [-0.39, 0.29) is 11.9 Å². The van der Waals surface area contributed by atoms with Gasteiger partial charge in [-0.3, -0.25) is 4.79 Å². The van der Waals surface area contributed by atoms with E-state index in [0.717, 1.165) is 10.5 Å². The lowest BCUT2D eigenvalue weighted by molar-refractivity contribution is -0.124. The molecule has 0 aromatic heterocycles. The van der Waals surface area contributed by atoms with Crippen LogP contribution in [0.15, 0.2) is 42.5 Å². The van der Waals surface area contributed by atoms with Gasteiger partial charge in [0.25, 0.3) is 5.91 Å². The van der Waals surface area contributed by atoms with Crippen LogP contribution in [0.2, 0.25) is 10.0 Å². The van der Waals surface area contributed by atoms with Crippen LogP contribution in [0.4, 0.5) is 16.2 Å². The minimum Gasteiger partial charge on any atom is -0.326 e. The fourth-order valence-corrected chi connectivity index (χ4v) is 4.58. The summed E-state index contributed by atoms with van der Waals surface area (Å²) >= 11 is 12.1. The van der Waals surface area contributed by atoms with E-state index >= 15 is 0 Å².